The third kappa shape index (κ3) is 5.15. The number of aromatic nitrogens is 1. The van der Waals surface area contributed by atoms with E-state index in [0.717, 1.165) is 49.2 Å². The maximum Gasteiger partial charge on any atom is 0.115 e. The summed E-state index contributed by atoms with van der Waals surface area (Å²) in [4.78, 5) is 6.86. The molecular formula is C23H28ClN3O. The van der Waals surface area contributed by atoms with E-state index >= 15 is 0 Å². The summed E-state index contributed by atoms with van der Waals surface area (Å²) in [6, 6.07) is 15.4. The summed E-state index contributed by atoms with van der Waals surface area (Å²) in [6.45, 7) is 8.38. The number of hydrogen-bond donors (Lipinski definition) is 2. The highest BCUT2D eigenvalue weighted by molar-refractivity contribution is 6.31. The van der Waals surface area contributed by atoms with Crippen LogP contribution in [-0.4, -0.2) is 41.2 Å². The van der Waals surface area contributed by atoms with Gasteiger partial charge in [-0.05, 0) is 68.0 Å². The molecule has 4 nitrogen and oxygen atoms in total. The largest absolute Gasteiger partial charge is 0.508 e. The molecule has 28 heavy (non-hydrogen) atoms. The van der Waals surface area contributed by atoms with Crippen molar-refractivity contribution in [1.82, 2.24) is 9.88 Å². The van der Waals surface area contributed by atoms with Gasteiger partial charge in [-0.2, -0.15) is 0 Å². The van der Waals surface area contributed by atoms with E-state index in [1.165, 1.54) is 5.56 Å². The Bertz CT molecular complexity index is 894. The highest BCUT2D eigenvalue weighted by atomic mass is 35.5. The van der Waals surface area contributed by atoms with Crippen LogP contribution in [0.3, 0.4) is 0 Å². The summed E-state index contributed by atoms with van der Waals surface area (Å²) >= 11 is 6.10. The van der Waals surface area contributed by atoms with Crippen molar-refractivity contribution in [1.29, 1.82) is 0 Å². The van der Waals surface area contributed by atoms with Gasteiger partial charge in [0.25, 0.3) is 0 Å². The third-order valence-corrected chi connectivity index (χ3v) is 5.53. The minimum absolute atomic E-state index is 0.302. The van der Waals surface area contributed by atoms with Crippen molar-refractivity contribution in [2.75, 3.05) is 31.5 Å². The molecular weight excluding hydrogens is 370 g/mol. The Hall–Kier alpha value is -2.30. The number of rotatable bonds is 9. The predicted octanol–water partition coefficient (Wildman–Crippen LogP) is 5.52. The molecule has 5 heteroatoms. The Morgan fingerprint density at radius 1 is 1.07 bits per heavy atom. The van der Waals surface area contributed by atoms with E-state index in [0.29, 0.717) is 16.7 Å². The summed E-state index contributed by atoms with van der Waals surface area (Å²) in [7, 11) is 0. The van der Waals surface area contributed by atoms with Crippen molar-refractivity contribution < 1.29 is 5.11 Å². The van der Waals surface area contributed by atoms with Gasteiger partial charge in [0, 0.05) is 34.8 Å². The number of nitrogens with zero attached hydrogens (tertiary/aromatic N) is 2. The molecule has 1 aromatic heterocycles. The van der Waals surface area contributed by atoms with Crippen LogP contribution in [0.15, 0.2) is 54.7 Å². The lowest BCUT2D eigenvalue weighted by molar-refractivity contribution is 0.291. The Balaban J connectivity index is 1.78. The van der Waals surface area contributed by atoms with Crippen molar-refractivity contribution in [3.05, 3.63) is 65.3 Å². The van der Waals surface area contributed by atoms with Crippen LogP contribution in [0.2, 0.25) is 5.02 Å². The van der Waals surface area contributed by atoms with Gasteiger partial charge in [-0.25, -0.2) is 0 Å². The van der Waals surface area contributed by atoms with E-state index in [4.69, 9.17) is 11.6 Å². The van der Waals surface area contributed by atoms with Gasteiger partial charge in [0.15, 0.2) is 0 Å². The number of nitrogens with one attached hydrogen (secondary N) is 1. The van der Waals surface area contributed by atoms with Crippen molar-refractivity contribution in [2.45, 2.75) is 26.2 Å². The molecule has 1 atom stereocenters. The number of phenols is 1. The average Bonchev–Trinajstić information content (AvgIpc) is 2.71. The molecule has 3 aromatic rings. The quantitative estimate of drug-likeness (QED) is 0.499. The van der Waals surface area contributed by atoms with E-state index in [-0.39, 0.29) is 0 Å². The molecule has 2 aromatic carbocycles. The maximum atomic E-state index is 9.64. The van der Waals surface area contributed by atoms with Crippen LogP contribution in [0.25, 0.3) is 10.9 Å². The number of anilines is 1. The highest BCUT2D eigenvalue weighted by Crippen LogP contribution is 2.27. The standard InChI is InChI=1S/C23H28ClN3O/c1-3-27(4-2)14-12-18(17-5-8-20(28)9-6-17)16-26-22-11-13-25-23-15-19(24)7-10-21(22)23/h5-11,13,15,18,28H,3-4,12,14,16H2,1-2H3,(H,25,26)/t18-/m0/s1. The van der Waals surface area contributed by atoms with Gasteiger partial charge in [-0.1, -0.05) is 37.6 Å². The van der Waals surface area contributed by atoms with Crippen molar-refractivity contribution in [3.63, 3.8) is 0 Å². The number of phenolic OH excluding ortho intramolecular Hbond substituents is 1. The van der Waals surface area contributed by atoms with Crippen LogP contribution in [0.1, 0.15) is 31.7 Å². The summed E-state index contributed by atoms with van der Waals surface area (Å²) < 4.78 is 0. The molecule has 0 spiro atoms. The van der Waals surface area contributed by atoms with Gasteiger partial charge >= 0.3 is 0 Å². The molecule has 0 unspecified atom stereocenters. The SMILES string of the molecule is CCN(CC)CC[C@@H](CNc1ccnc2cc(Cl)ccc12)c1ccc(O)cc1. The van der Waals surface area contributed by atoms with Crippen LogP contribution in [0.4, 0.5) is 5.69 Å². The lowest BCUT2D eigenvalue weighted by Gasteiger charge is -2.24. The first kappa shape index (κ1) is 20.4. The van der Waals surface area contributed by atoms with E-state index < -0.39 is 0 Å². The van der Waals surface area contributed by atoms with Crippen LogP contribution in [0.5, 0.6) is 5.75 Å². The second-order valence-electron chi connectivity index (χ2n) is 7.00. The normalized spacial score (nSPS) is 12.4. The predicted molar refractivity (Wildman–Crippen MR) is 118 cm³/mol. The number of halogens is 1. The summed E-state index contributed by atoms with van der Waals surface area (Å²) in [6.07, 6.45) is 2.86. The number of fused-ring (bicyclic) bond motifs is 1. The van der Waals surface area contributed by atoms with E-state index in [2.05, 4.69) is 29.0 Å². The fourth-order valence-corrected chi connectivity index (χ4v) is 3.69. The molecule has 0 fully saturated rings. The van der Waals surface area contributed by atoms with Gasteiger partial charge < -0.3 is 15.3 Å². The number of benzene rings is 2. The molecule has 0 aliphatic heterocycles. The molecule has 0 radical (unpaired) electrons. The Labute approximate surface area is 172 Å². The first-order valence-electron chi connectivity index (χ1n) is 9.90. The van der Waals surface area contributed by atoms with Crippen molar-refractivity contribution in [2.24, 2.45) is 0 Å². The highest BCUT2D eigenvalue weighted by Gasteiger charge is 2.14. The fraction of sp³-hybridized carbons (Fsp3) is 0.348. The zero-order valence-corrected chi connectivity index (χ0v) is 17.3. The topological polar surface area (TPSA) is 48.4 Å². The van der Waals surface area contributed by atoms with Gasteiger partial charge in [-0.15, -0.1) is 0 Å². The van der Waals surface area contributed by atoms with E-state index in [9.17, 15) is 5.11 Å². The molecule has 1 heterocycles. The lowest BCUT2D eigenvalue weighted by atomic mass is 9.95. The Morgan fingerprint density at radius 3 is 2.54 bits per heavy atom. The van der Waals surface area contributed by atoms with E-state index in [1.807, 2.05) is 42.6 Å². The smallest absolute Gasteiger partial charge is 0.115 e. The number of pyridine rings is 1. The summed E-state index contributed by atoms with van der Waals surface area (Å²) in [5.41, 5.74) is 3.19. The minimum Gasteiger partial charge on any atom is -0.508 e. The fourth-order valence-electron chi connectivity index (χ4n) is 3.52. The zero-order valence-electron chi connectivity index (χ0n) is 16.5. The number of hydrogen-bond acceptors (Lipinski definition) is 4. The first-order chi connectivity index (χ1) is 13.6. The zero-order chi connectivity index (χ0) is 19.9. The summed E-state index contributed by atoms with van der Waals surface area (Å²) in [5.74, 6) is 0.646. The Kier molecular flexibility index (Phi) is 7.12. The molecule has 0 aliphatic rings. The van der Waals surface area contributed by atoms with Crippen molar-refractivity contribution >= 4 is 28.2 Å². The maximum absolute atomic E-state index is 9.64. The van der Waals surface area contributed by atoms with Gasteiger partial charge in [0.05, 0.1) is 5.52 Å². The second kappa shape index (κ2) is 9.76. The molecule has 148 valence electrons. The number of aromatic hydroxyl groups is 1. The molecule has 0 amide bonds. The van der Waals surface area contributed by atoms with E-state index in [1.54, 1.807) is 12.1 Å². The third-order valence-electron chi connectivity index (χ3n) is 5.30. The Morgan fingerprint density at radius 2 is 1.82 bits per heavy atom. The molecule has 3 rings (SSSR count). The minimum atomic E-state index is 0.302. The lowest BCUT2D eigenvalue weighted by Crippen LogP contribution is -2.26. The molecule has 0 saturated heterocycles. The van der Waals surface area contributed by atoms with Gasteiger partial charge in [0.1, 0.15) is 5.75 Å². The first-order valence-corrected chi connectivity index (χ1v) is 10.3. The monoisotopic (exact) mass is 397 g/mol. The van der Waals surface area contributed by atoms with Crippen LogP contribution in [-0.2, 0) is 0 Å². The van der Waals surface area contributed by atoms with Crippen LogP contribution >= 0.6 is 11.6 Å². The summed E-state index contributed by atoms with van der Waals surface area (Å²) in [5, 5.41) is 15.0. The van der Waals surface area contributed by atoms with Crippen LogP contribution in [0, 0.1) is 0 Å². The second-order valence-corrected chi connectivity index (χ2v) is 7.44. The van der Waals surface area contributed by atoms with Crippen molar-refractivity contribution in [3.8, 4) is 5.75 Å². The molecule has 0 saturated carbocycles. The van der Waals surface area contributed by atoms with Gasteiger partial charge in [-0.3, -0.25) is 4.98 Å². The molecule has 2 N–H and O–H groups in total. The van der Waals surface area contributed by atoms with Gasteiger partial charge in [0.2, 0.25) is 0 Å². The molecule has 0 aliphatic carbocycles. The van der Waals surface area contributed by atoms with Crippen LogP contribution < -0.4 is 5.32 Å². The molecule has 0 bridgehead atoms. The average molecular weight is 398 g/mol.